The number of hydrogen-bond acceptors (Lipinski definition) is 2. The second-order valence-corrected chi connectivity index (χ2v) is 4.85. The van der Waals surface area contributed by atoms with Gasteiger partial charge >= 0.3 is 0 Å². The van der Waals surface area contributed by atoms with Crippen molar-refractivity contribution in [2.75, 3.05) is 0 Å². The zero-order valence-corrected chi connectivity index (χ0v) is 11.2. The smallest absolute Gasteiger partial charge is 0.134 e. The monoisotopic (exact) mass is 312 g/mol. The fourth-order valence-electron chi connectivity index (χ4n) is 1.32. The number of phenolic OH excluding ortho intramolecular Hbond substituents is 1. The zero-order chi connectivity index (χ0) is 12.3. The maximum absolute atomic E-state index is 9.27. The molecule has 88 valence electrons. The number of hydrogen-bond donors (Lipinski definition) is 1. The second kappa shape index (κ2) is 5.43. The first-order valence-corrected chi connectivity index (χ1v) is 6.18. The zero-order valence-electron chi connectivity index (χ0n) is 8.86. The normalized spacial score (nSPS) is 10.2. The summed E-state index contributed by atoms with van der Waals surface area (Å²) in [7, 11) is 0. The molecule has 0 aliphatic rings. The van der Waals surface area contributed by atoms with E-state index in [1.165, 1.54) is 6.07 Å². The molecule has 0 atom stereocenters. The van der Waals surface area contributed by atoms with Crippen LogP contribution in [-0.4, -0.2) is 5.11 Å². The summed E-state index contributed by atoms with van der Waals surface area (Å²) in [4.78, 5) is 0. The minimum atomic E-state index is 0.0580. The van der Waals surface area contributed by atoms with Crippen LogP contribution >= 0.6 is 27.5 Å². The average Bonchev–Trinajstić information content (AvgIpc) is 2.33. The van der Waals surface area contributed by atoms with Crippen molar-refractivity contribution in [3.05, 3.63) is 57.5 Å². The van der Waals surface area contributed by atoms with Gasteiger partial charge in [-0.15, -0.1) is 0 Å². The first-order chi connectivity index (χ1) is 8.15. The van der Waals surface area contributed by atoms with Gasteiger partial charge in [-0.2, -0.15) is 0 Å². The minimum absolute atomic E-state index is 0.0580. The van der Waals surface area contributed by atoms with Crippen molar-refractivity contribution in [3.63, 3.8) is 0 Å². The largest absolute Gasteiger partial charge is 0.506 e. The molecule has 1 N–H and O–H groups in total. The van der Waals surface area contributed by atoms with Gasteiger partial charge < -0.3 is 9.84 Å². The summed E-state index contributed by atoms with van der Waals surface area (Å²) < 4.78 is 6.59. The van der Waals surface area contributed by atoms with Crippen LogP contribution in [0.2, 0.25) is 5.02 Å². The highest BCUT2D eigenvalue weighted by molar-refractivity contribution is 9.10. The third-order valence-electron chi connectivity index (χ3n) is 2.24. The lowest BCUT2D eigenvalue weighted by Gasteiger charge is -2.07. The van der Waals surface area contributed by atoms with E-state index < -0.39 is 0 Å². The Morgan fingerprint density at radius 3 is 2.47 bits per heavy atom. The van der Waals surface area contributed by atoms with Crippen LogP contribution in [0.15, 0.2) is 46.9 Å². The van der Waals surface area contributed by atoms with Gasteiger partial charge in [-0.3, -0.25) is 0 Å². The summed E-state index contributed by atoms with van der Waals surface area (Å²) in [6.45, 7) is 0.467. The van der Waals surface area contributed by atoms with E-state index in [9.17, 15) is 5.11 Å². The molecule has 0 radical (unpaired) electrons. The first-order valence-electron chi connectivity index (χ1n) is 5.01. The minimum Gasteiger partial charge on any atom is -0.506 e. The topological polar surface area (TPSA) is 29.5 Å². The van der Waals surface area contributed by atoms with E-state index in [1.807, 2.05) is 24.3 Å². The molecule has 0 fully saturated rings. The molecule has 0 spiro atoms. The SMILES string of the molecule is Oc1ccc(OCc2ccc(Br)cc2)cc1Cl. The molecule has 2 nitrogen and oxygen atoms in total. The summed E-state index contributed by atoms with van der Waals surface area (Å²) in [6.07, 6.45) is 0. The maximum atomic E-state index is 9.27. The molecular formula is C13H10BrClO2. The molecule has 0 aliphatic carbocycles. The van der Waals surface area contributed by atoms with Crippen molar-refractivity contribution in [2.45, 2.75) is 6.61 Å². The maximum Gasteiger partial charge on any atom is 0.134 e. The van der Waals surface area contributed by atoms with Gasteiger partial charge in [-0.1, -0.05) is 39.7 Å². The quantitative estimate of drug-likeness (QED) is 0.911. The van der Waals surface area contributed by atoms with Gasteiger partial charge in [-0.05, 0) is 29.8 Å². The van der Waals surface area contributed by atoms with E-state index in [0.717, 1.165) is 10.0 Å². The number of halogens is 2. The number of phenols is 1. The van der Waals surface area contributed by atoms with E-state index in [-0.39, 0.29) is 5.75 Å². The fourth-order valence-corrected chi connectivity index (χ4v) is 1.76. The predicted octanol–water partition coefficient (Wildman–Crippen LogP) is 4.39. The van der Waals surface area contributed by atoms with Gasteiger partial charge in [0, 0.05) is 10.5 Å². The van der Waals surface area contributed by atoms with Gasteiger partial charge in [0.1, 0.15) is 18.1 Å². The van der Waals surface area contributed by atoms with E-state index >= 15 is 0 Å². The van der Waals surface area contributed by atoms with Crippen molar-refractivity contribution >= 4 is 27.5 Å². The Morgan fingerprint density at radius 2 is 1.82 bits per heavy atom. The van der Waals surface area contributed by atoms with E-state index in [2.05, 4.69) is 15.9 Å². The van der Waals surface area contributed by atoms with Crippen LogP contribution in [0.25, 0.3) is 0 Å². The molecule has 0 bridgehead atoms. The van der Waals surface area contributed by atoms with Crippen molar-refractivity contribution in [3.8, 4) is 11.5 Å². The Labute approximate surface area is 113 Å². The van der Waals surface area contributed by atoms with Crippen LogP contribution in [0.1, 0.15) is 5.56 Å². The molecule has 2 aromatic rings. The fraction of sp³-hybridized carbons (Fsp3) is 0.0769. The van der Waals surface area contributed by atoms with Crippen LogP contribution in [0.4, 0.5) is 0 Å². The van der Waals surface area contributed by atoms with Crippen LogP contribution in [0.3, 0.4) is 0 Å². The molecule has 2 rings (SSSR count). The van der Waals surface area contributed by atoms with Crippen LogP contribution in [0.5, 0.6) is 11.5 Å². The van der Waals surface area contributed by atoms with E-state index in [4.69, 9.17) is 16.3 Å². The molecule has 0 saturated heterocycles. The standard InChI is InChI=1S/C13H10BrClO2/c14-10-3-1-9(2-4-10)8-17-11-5-6-13(16)12(15)7-11/h1-7,16H,8H2. The second-order valence-electron chi connectivity index (χ2n) is 3.53. The van der Waals surface area contributed by atoms with Gasteiger partial charge in [0.05, 0.1) is 5.02 Å². The molecule has 17 heavy (non-hydrogen) atoms. The Kier molecular flexibility index (Phi) is 3.92. The molecule has 4 heteroatoms. The lowest BCUT2D eigenvalue weighted by molar-refractivity contribution is 0.305. The molecule has 0 unspecified atom stereocenters. The van der Waals surface area contributed by atoms with Crippen molar-refractivity contribution in [2.24, 2.45) is 0 Å². The van der Waals surface area contributed by atoms with Crippen LogP contribution < -0.4 is 4.74 Å². The van der Waals surface area contributed by atoms with Gasteiger partial charge in [-0.25, -0.2) is 0 Å². The highest BCUT2D eigenvalue weighted by Gasteiger charge is 2.01. The van der Waals surface area contributed by atoms with E-state index in [0.29, 0.717) is 17.4 Å². The van der Waals surface area contributed by atoms with Crippen LogP contribution in [-0.2, 0) is 6.61 Å². The summed E-state index contributed by atoms with van der Waals surface area (Å²) >= 11 is 9.15. The highest BCUT2D eigenvalue weighted by Crippen LogP contribution is 2.27. The molecule has 0 aromatic heterocycles. The molecule has 0 aliphatic heterocycles. The summed E-state index contributed by atoms with van der Waals surface area (Å²) in [6, 6.07) is 12.7. The molecule has 0 saturated carbocycles. The third-order valence-corrected chi connectivity index (χ3v) is 3.07. The lowest BCUT2D eigenvalue weighted by Crippen LogP contribution is -1.94. The van der Waals surface area contributed by atoms with Crippen molar-refractivity contribution in [1.82, 2.24) is 0 Å². The van der Waals surface area contributed by atoms with Crippen molar-refractivity contribution < 1.29 is 9.84 Å². The number of rotatable bonds is 3. The Morgan fingerprint density at radius 1 is 1.12 bits per heavy atom. The van der Waals surface area contributed by atoms with E-state index in [1.54, 1.807) is 12.1 Å². The van der Waals surface area contributed by atoms with Crippen LogP contribution in [0, 0.1) is 0 Å². The molecule has 2 aromatic carbocycles. The summed E-state index contributed by atoms with van der Waals surface area (Å²) in [5.41, 5.74) is 1.07. The summed E-state index contributed by atoms with van der Waals surface area (Å²) in [5, 5.41) is 9.56. The predicted molar refractivity (Wildman–Crippen MR) is 71.6 cm³/mol. The lowest BCUT2D eigenvalue weighted by atomic mass is 10.2. The number of ether oxygens (including phenoxy) is 1. The first kappa shape index (κ1) is 12.3. The van der Waals surface area contributed by atoms with Gasteiger partial charge in [0.15, 0.2) is 0 Å². The molecule has 0 heterocycles. The average molecular weight is 314 g/mol. The number of aromatic hydroxyl groups is 1. The Bertz CT molecular complexity index is 511. The molecular weight excluding hydrogens is 303 g/mol. The third kappa shape index (κ3) is 3.38. The summed E-state index contributed by atoms with van der Waals surface area (Å²) in [5.74, 6) is 0.693. The van der Waals surface area contributed by atoms with Gasteiger partial charge in [0.2, 0.25) is 0 Å². The van der Waals surface area contributed by atoms with Crippen molar-refractivity contribution in [1.29, 1.82) is 0 Å². The molecule has 0 amide bonds. The Balaban J connectivity index is 2.02. The van der Waals surface area contributed by atoms with Gasteiger partial charge in [0.25, 0.3) is 0 Å². The Hall–Kier alpha value is -1.19. The highest BCUT2D eigenvalue weighted by atomic mass is 79.9. The number of benzene rings is 2.